The second-order valence-corrected chi connectivity index (χ2v) is 5.15. The van der Waals surface area contributed by atoms with Crippen molar-refractivity contribution in [2.75, 3.05) is 5.73 Å². The Morgan fingerprint density at radius 1 is 1.45 bits per heavy atom. The van der Waals surface area contributed by atoms with E-state index in [1.54, 1.807) is 18.5 Å². The Hall–Kier alpha value is -2.30. The number of nitrogens with zero attached hydrogens (tertiary/aromatic N) is 2. The molecule has 1 amide bonds. The van der Waals surface area contributed by atoms with E-state index in [0.717, 1.165) is 11.3 Å². The largest absolute Gasteiger partial charge is 0.397 e. The highest BCUT2D eigenvalue weighted by Crippen LogP contribution is 2.16. The Balaban J connectivity index is 2.07. The summed E-state index contributed by atoms with van der Waals surface area (Å²) in [5.74, 6) is -0.129. The molecule has 0 spiro atoms. The van der Waals surface area contributed by atoms with Crippen molar-refractivity contribution in [1.29, 1.82) is 0 Å². The van der Waals surface area contributed by atoms with Crippen LogP contribution in [0.5, 0.6) is 0 Å². The van der Waals surface area contributed by atoms with Crippen LogP contribution in [0.4, 0.5) is 5.69 Å². The van der Waals surface area contributed by atoms with E-state index in [-0.39, 0.29) is 11.9 Å². The molecule has 2 heterocycles. The van der Waals surface area contributed by atoms with Crippen molar-refractivity contribution in [1.82, 2.24) is 14.9 Å². The molecule has 3 N–H and O–H groups in total. The van der Waals surface area contributed by atoms with E-state index < -0.39 is 0 Å². The number of hydrogen-bond donors (Lipinski definition) is 2. The van der Waals surface area contributed by atoms with Gasteiger partial charge in [0, 0.05) is 30.7 Å². The Bertz CT molecular complexity index is 599. The van der Waals surface area contributed by atoms with Crippen molar-refractivity contribution in [3.63, 3.8) is 0 Å². The Labute approximate surface area is 118 Å². The molecule has 5 nitrogen and oxygen atoms in total. The number of carbonyl (C=O) groups excluding carboxylic acids is 1. The normalized spacial score (nSPS) is 10.8. The summed E-state index contributed by atoms with van der Waals surface area (Å²) in [4.78, 5) is 16.4. The Morgan fingerprint density at radius 3 is 2.80 bits per heavy atom. The number of amides is 1. The van der Waals surface area contributed by atoms with Gasteiger partial charge in [-0.05, 0) is 38.5 Å². The molecule has 106 valence electrons. The molecule has 0 aliphatic rings. The van der Waals surface area contributed by atoms with Gasteiger partial charge in [0.05, 0.1) is 5.69 Å². The predicted molar refractivity (Wildman–Crippen MR) is 79.4 cm³/mol. The number of carbonyl (C=O) groups is 1. The fraction of sp³-hybridized carbons (Fsp3) is 0.333. The van der Waals surface area contributed by atoms with Crippen LogP contribution in [0.15, 0.2) is 30.6 Å². The molecule has 5 heteroatoms. The first-order valence-electron chi connectivity index (χ1n) is 6.64. The predicted octanol–water partition coefficient (Wildman–Crippen LogP) is 2.28. The average molecular weight is 272 g/mol. The molecule has 0 bridgehead atoms. The Morgan fingerprint density at radius 2 is 2.20 bits per heavy atom. The molecular formula is C15H20N4O. The smallest absolute Gasteiger partial charge is 0.268 e. The number of hydrogen-bond acceptors (Lipinski definition) is 3. The third-order valence-corrected chi connectivity index (χ3v) is 3.08. The maximum atomic E-state index is 12.2. The second kappa shape index (κ2) is 5.77. The van der Waals surface area contributed by atoms with Gasteiger partial charge >= 0.3 is 0 Å². The number of aromatic nitrogens is 2. The van der Waals surface area contributed by atoms with Crippen molar-refractivity contribution >= 4 is 11.6 Å². The molecule has 0 aliphatic heterocycles. The van der Waals surface area contributed by atoms with Crippen molar-refractivity contribution in [3.05, 3.63) is 47.5 Å². The van der Waals surface area contributed by atoms with Crippen molar-refractivity contribution in [2.24, 2.45) is 0 Å². The molecule has 2 aromatic heterocycles. The molecule has 0 saturated heterocycles. The second-order valence-electron chi connectivity index (χ2n) is 5.15. The molecule has 0 aromatic carbocycles. The highest BCUT2D eigenvalue weighted by molar-refractivity contribution is 5.93. The van der Waals surface area contributed by atoms with E-state index in [0.29, 0.717) is 17.9 Å². The number of anilines is 1. The molecular weight excluding hydrogens is 252 g/mol. The van der Waals surface area contributed by atoms with Crippen LogP contribution < -0.4 is 11.1 Å². The monoisotopic (exact) mass is 272 g/mol. The third kappa shape index (κ3) is 3.17. The lowest BCUT2D eigenvalue weighted by molar-refractivity contribution is 0.0940. The summed E-state index contributed by atoms with van der Waals surface area (Å²) >= 11 is 0. The summed E-state index contributed by atoms with van der Waals surface area (Å²) in [6.45, 7) is 6.41. The fourth-order valence-electron chi connectivity index (χ4n) is 1.99. The molecule has 0 saturated carbocycles. The molecule has 0 unspecified atom stereocenters. The third-order valence-electron chi connectivity index (χ3n) is 3.08. The lowest BCUT2D eigenvalue weighted by Gasteiger charge is -2.12. The summed E-state index contributed by atoms with van der Waals surface area (Å²) in [6, 6.07) is 5.77. The van der Waals surface area contributed by atoms with Gasteiger partial charge in [0.1, 0.15) is 5.69 Å². The van der Waals surface area contributed by atoms with Gasteiger partial charge in [0.25, 0.3) is 5.91 Å². The van der Waals surface area contributed by atoms with Crippen LogP contribution in [0.2, 0.25) is 0 Å². The van der Waals surface area contributed by atoms with Gasteiger partial charge in [-0.25, -0.2) is 0 Å². The van der Waals surface area contributed by atoms with E-state index in [1.165, 1.54) is 0 Å². The van der Waals surface area contributed by atoms with Crippen LogP contribution in [-0.4, -0.2) is 15.5 Å². The van der Waals surface area contributed by atoms with Crippen LogP contribution in [-0.2, 0) is 6.54 Å². The van der Waals surface area contributed by atoms with E-state index in [4.69, 9.17) is 5.73 Å². The molecule has 0 aliphatic carbocycles. The average Bonchev–Trinajstić information content (AvgIpc) is 2.80. The van der Waals surface area contributed by atoms with E-state index in [9.17, 15) is 4.79 Å². The topological polar surface area (TPSA) is 72.9 Å². The summed E-state index contributed by atoms with van der Waals surface area (Å²) in [7, 11) is 0. The van der Waals surface area contributed by atoms with Crippen LogP contribution in [0, 0.1) is 6.92 Å². The molecule has 0 fully saturated rings. The zero-order valence-electron chi connectivity index (χ0n) is 12.1. The summed E-state index contributed by atoms with van der Waals surface area (Å²) < 4.78 is 1.87. The zero-order valence-corrected chi connectivity index (χ0v) is 12.1. The van der Waals surface area contributed by atoms with Crippen molar-refractivity contribution < 1.29 is 4.79 Å². The number of aryl methyl sites for hydroxylation is 1. The van der Waals surface area contributed by atoms with Gasteiger partial charge in [-0.15, -0.1) is 0 Å². The van der Waals surface area contributed by atoms with Crippen molar-refractivity contribution in [3.8, 4) is 0 Å². The number of pyridine rings is 1. The molecule has 0 radical (unpaired) electrons. The maximum absolute atomic E-state index is 12.2. The first-order valence-corrected chi connectivity index (χ1v) is 6.64. The maximum Gasteiger partial charge on any atom is 0.268 e. The summed E-state index contributed by atoms with van der Waals surface area (Å²) in [6.07, 6.45) is 3.55. The summed E-state index contributed by atoms with van der Waals surface area (Å²) in [5.41, 5.74) is 8.88. The minimum atomic E-state index is -0.129. The van der Waals surface area contributed by atoms with Gasteiger partial charge in [-0.2, -0.15) is 0 Å². The quantitative estimate of drug-likeness (QED) is 0.896. The van der Waals surface area contributed by atoms with E-state index in [2.05, 4.69) is 10.3 Å². The summed E-state index contributed by atoms with van der Waals surface area (Å²) in [5, 5.41) is 2.89. The van der Waals surface area contributed by atoms with Gasteiger partial charge in [-0.1, -0.05) is 6.07 Å². The van der Waals surface area contributed by atoms with Crippen LogP contribution in [0.1, 0.15) is 41.6 Å². The molecule has 2 rings (SSSR count). The van der Waals surface area contributed by atoms with Gasteiger partial charge in [0.15, 0.2) is 0 Å². The molecule has 20 heavy (non-hydrogen) atoms. The number of nitrogens with two attached hydrogens (primary N) is 1. The van der Waals surface area contributed by atoms with Gasteiger partial charge in [0.2, 0.25) is 0 Å². The first kappa shape index (κ1) is 14.1. The van der Waals surface area contributed by atoms with Gasteiger partial charge in [-0.3, -0.25) is 9.78 Å². The number of rotatable bonds is 4. The minimum absolute atomic E-state index is 0.129. The van der Waals surface area contributed by atoms with Crippen LogP contribution in [0.3, 0.4) is 0 Å². The van der Waals surface area contributed by atoms with Crippen LogP contribution in [0.25, 0.3) is 0 Å². The Kier molecular flexibility index (Phi) is 4.08. The number of nitrogens with one attached hydrogen (secondary N) is 1. The number of nitrogen functional groups attached to an aromatic ring is 1. The minimum Gasteiger partial charge on any atom is -0.397 e. The first-order chi connectivity index (χ1) is 9.47. The lowest BCUT2D eigenvalue weighted by Crippen LogP contribution is -2.25. The highest BCUT2D eigenvalue weighted by Gasteiger charge is 2.14. The van der Waals surface area contributed by atoms with Crippen LogP contribution >= 0.6 is 0 Å². The van der Waals surface area contributed by atoms with Crippen molar-refractivity contribution in [2.45, 2.75) is 33.4 Å². The van der Waals surface area contributed by atoms with E-state index >= 15 is 0 Å². The molecule has 0 atom stereocenters. The SMILES string of the molecule is Cc1ccc(CNC(=O)c2cc(N)cn2C(C)C)cn1. The van der Waals surface area contributed by atoms with Gasteiger partial charge < -0.3 is 15.6 Å². The van der Waals surface area contributed by atoms with E-state index in [1.807, 2.05) is 37.5 Å². The fourth-order valence-corrected chi connectivity index (χ4v) is 1.99. The zero-order chi connectivity index (χ0) is 14.7. The standard InChI is InChI=1S/C15H20N4O/c1-10(2)19-9-13(16)6-14(19)15(20)18-8-12-5-4-11(3)17-7-12/h4-7,9-10H,8,16H2,1-3H3,(H,18,20). The highest BCUT2D eigenvalue weighted by atomic mass is 16.1. The lowest BCUT2D eigenvalue weighted by atomic mass is 10.2. The molecule has 2 aromatic rings.